The van der Waals surface area contributed by atoms with Crippen molar-refractivity contribution in [2.24, 2.45) is 0 Å². The van der Waals surface area contributed by atoms with Crippen molar-refractivity contribution >= 4 is 21.7 Å². The molecule has 2 saturated heterocycles. The Morgan fingerprint density at radius 3 is 2.75 bits per heavy atom. The van der Waals surface area contributed by atoms with Crippen molar-refractivity contribution in [3.8, 4) is 0 Å². The number of benzene rings is 1. The Balaban J connectivity index is 1.75. The summed E-state index contributed by atoms with van der Waals surface area (Å²) in [6, 6.07) is 10.9. The van der Waals surface area contributed by atoms with Crippen molar-refractivity contribution in [3.63, 3.8) is 0 Å². The fourth-order valence-electron chi connectivity index (χ4n) is 2.86. The molecule has 4 atom stereocenters. The van der Waals surface area contributed by atoms with Crippen LogP contribution in [0.15, 0.2) is 30.3 Å². The van der Waals surface area contributed by atoms with Gasteiger partial charge < -0.3 is 0 Å². The second-order valence-electron chi connectivity index (χ2n) is 4.58. The van der Waals surface area contributed by atoms with Gasteiger partial charge in [0, 0.05) is 23.0 Å². The SMILES string of the molecule is O=C(c1ccccc1)[C@H]1[C@H]2CC[C@H](CBr)N21. The van der Waals surface area contributed by atoms with Gasteiger partial charge in [-0.25, -0.2) is 0 Å². The van der Waals surface area contributed by atoms with E-state index in [9.17, 15) is 4.79 Å². The molecular formula is C13H14BrNO. The average Bonchev–Trinajstić information content (AvgIpc) is 2.91. The van der Waals surface area contributed by atoms with Gasteiger partial charge in [0.25, 0.3) is 0 Å². The zero-order valence-corrected chi connectivity index (χ0v) is 10.6. The molecule has 2 fully saturated rings. The van der Waals surface area contributed by atoms with Gasteiger partial charge in [0.05, 0.1) is 6.04 Å². The molecule has 84 valence electrons. The van der Waals surface area contributed by atoms with E-state index in [0.29, 0.717) is 17.9 Å². The van der Waals surface area contributed by atoms with Crippen LogP contribution in [-0.2, 0) is 0 Å². The smallest absolute Gasteiger partial charge is 0.181 e. The molecule has 0 radical (unpaired) electrons. The highest BCUT2D eigenvalue weighted by Gasteiger charge is 2.58. The Labute approximate surface area is 104 Å². The second-order valence-corrected chi connectivity index (χ2v) is 5.22. The molecule has 0 aliphatic carbocycles. The largest absolute Gasteiger partial charge is 0.292 e. The molecule has 0 amide bonds. The molecule has 0 aromatic heterocycles. The number of fused-ring (bicyclic) bond motifs is 1. The van der Waals surface area contributed by atoms with Crippen molar-refractivity contribution in [3.05, 3.63) is 35.9 Å². The number of carbonyl (C=O) groups is 1. The molecule has 2 heterocycles. The fourth-order valence-corrected chi connectivity index (χ4v) is 3.51. The Morgan fingerprint density at radius 1 is 1.31 bits per heavy atom. The lowest BCUT2D eigenvalue weighted by Crippen LogP contribution is -2.24. The third-order valence-corrected chi connectivity index (χ3v) is 4.45. The van der Waals surface area contributed by atoms with Gasteiger partial charge in [-0.3, -0.25) is 9.69 Å². The molecule has 1 aromatic rings. The van der Waals surface area contributed by atoms with Gasteiger partial charge in [0.15, 0.2) is 5.78 Å². The van der Waals surface area contributed by atoms with Crippen LogP contribution in [0.25, 0.3) is 0 Å². The minimum atomic E-state index is 0.165. The minimum absolute atomic E-state index is 0.165. The second kappa shape index (κ2) is 3.97. The van der Waals surface area contributed by atoms with E-state index < -0.39 is 0 Å². The molecule has 2 aliphatic rings. The summed E-state index contributed by atoms with van der Waals surface area (Å²) >= 11 is 3.52. The maximum Gasteiger partial charge on any atom is 0.181 e. The van der Waals surface area contributed by atoms with E-state index in [-0.39, 0.29) is 6.04 Å². The molecular weight excluding hydrogens is 266 g/mol. The van der Waals surface area contributed by atoms with Crippen LogP contribution in [0.2, 0.25) is 0 Å². The summed E-state index contributed by atoms with van der Waals surface area (Å²) < 4.78 is 0. The zero-order chi connectivity index (χ0) is 11.1. The summed E-state index contributed by atoms with van der Waals surface area (Å²) in [5.74, 6) is 0.302. The number of hydrogen-bond acceptors (Lipinski definition) is 2. The van der Waals surface area contributed by atoms with Gasteiger partial charge in [-0.05, 0) is 12.8 Å². The summed E-state index contributed by atoms with van der Waals surface area (Å²) in [5, 5.41) is 0.988. The van der Waals surface area contributed by atoms with Gasteiger partial charge >= 0.3 is 0 Å². The van der Waals surface area contributed by atoms with Gasteiger partial charge in [0.1, 0.15) is 0 Å². The summed E-state index contributed by atoms with van der Waals surface area (Å²) in [4.78, 5) is 14.6. The van der Waals surface area contributed by atoms with Crippen LogP contribution in [0.3, 0.4) is 0 Å². The summed E-state index contributed by atoms with van der Waals surface area (Å²) in [5.41, 5.74) is 0.857. The van der Waals surface area contributed by atoms with E-state index in [1.165, 1.54) is 12.8 Å². The number of carbonyl (C=O) groups excluding carboxylic acids is 1. The first kappa shape index (κ1) is 10.5. The van der Waals surface area contributed by atoms with Gasteiger partial charge in [0.2, 0.25) is 0 Å². The molecule has 3 heteroatoms. The van der Waals surface area contributed by atoms with Crippen molar-refractivity contribution in [1.29, 1.82) is 0 Å². The van der Waals surface area contributed by atoms with Crippen LogP contribution >= 0.6 is 15.9 Å². The number of rotatable bonds is 3. The number of ketones is 1. The van der Waals surface area contributed by atoms with Crippen LogP contribution in [-0.4, -0.2) is 34.1 Å². The van der Waals surface area contributed by atoms with E-state index in [1.807, 2.05) is 30.3 Å². The van der Waals surface area contributed by atoms with Crippen LogP contribution in [0.4, 0.5) is 0 Å². The van der Waals surface area contributed by atoms with Crippen molar-refractivity contribution in [2.75, 3.05) is 5.33 Å². The minimum Gasteiger partial charge on any atom is -0.292 e. The lowest BCUT2D eigenvalue weighted by Gasteiger charge is -2.11. The van der Waals surface area contributed by atoms with Crippen LogP contribution in [0.5, 0.6) is 0 Å². The Hall–Kier alpha value is -0.670. The first-order valence-corrected chi connectivity index (χ1v) is 6.87. The molecule has 16 heavy (non-hydrogen) atoms. The van der Waals surface area contributed by atoms with Crippen molar-refractivity contribution in [2.45, 2.75) is 31.0 Å². The highest BCUT2D eigenvalue weighted by atomic mass is 79.9. The Kier molecular flexibility index (Phi) is 2.60. The number of Topliss-reactive ketones (excluding diaryl/α,β-unsaturated/α-hetero) is 1. The third kappa shape index (κ3) is 1.54. The molecule has 1 aromatic carbocycles. The maximum atomic E-state index is 12.2. The van der Waals surface area contributed by atoms with E-state index in [4.69, 9.17) is 0 Å². The van der Waals surface area contributed by atoms with Crippen LogP contribution < -0.4 is 0 Å². The quantitative estimate of drug-likeness (QED) is 0.481. The van der Waals surface area contributed by atoms with E-state index >= 15 is 0 Å². The summed E-state index contributed by atoms with van der Waals surface area (Å²) in [7, 11) is 0. The maximum absolute atomic E-state index is 12.2. The van der Waals surface area contributed by atoms with Gasteiger partial charge in [-0.1, -0.05) is 46.3 Å². The molecule has 1 unspecified atom stereocenters. The van der Waals surface area contributed by atoms with Crippen molar-refractivity contribution < 1.29 is 4.79 Å². The predicted octanol–water partition coefficient (Wildman–Crippen LogP) is 2.48. The molecule has 2 nitrogen and oxygen atoms in total. The zero-order valence-electron chi connectivity index (χ0n) is 8.97. The first-order valence-electron chi connectivity index (χ1n) is 5.75. The van der Waals surface area contributed by atoms with Crippen LogP contribution in [0, 0.1) is 0 Å². The molecule has 0 spiro atoms. The number of piperidine rings is 1. The summed E-state index contributed by atoms with van der Waals surface area (Å²) in [6.07, 6.45) is 2.41. The lowest BCUT2D eigenvalue weighted by atomic mass is 10.0. The van der Waals surface area contributed by atoms with Gasteiger partial charge in [-0.15, -0.1) is 0 Å². The third-order valence-electron chi connectivity index (χ3n) is 3.70. The normalized spacial score (nSPS) is 35.8. The van der Waals surface area contributed by atoms with Crippen LogP contribution in [0.1, 0.15) is 23.2 Å². The van der Waals surface area contributed by atoms with Gasteiger partial charge in [-0.2, -0.15) is 0 Å². The highest BCUT2D eigenvalue weighted by Crippen LogP contribution is 2.44. The molecule has 0 bridgehead atoms. The predicted molar refractivity (Wildman–Crippen MR) is 67.0 cm³/mol. The Morgan fingerprint density at radius 2 is 2.06 bits per heavy atom. The van der Waals surface area contributed by atoms with E-state index in [1.54, 1.807) is 0 Å². The summed E-state index contributed by atoms with van der Waals surface area (Å²) in [6.45, 7) is 0. The number of alkyl halides is 1. The van der Waals surface area contributed by atoms with E-state index in [0.717, 1.165) is 10.9 Å². The van der Waals surface area contributed by atoms with E-state index in [2.05, 4.69) is 20.8 Å². The number of hydrogen-bond donors (Lipinski definition) is 0. The average molecular weight is 280 g/mol. The molecule has 0 N–H and O–H groups in total. The lowest BCUT2D eigenvalue weighted by molar-refractivity contribution is 0.0966. The van der Waals surface area contributed by atoms with Crippen molar-refractivity contribution in [1.82, 2.24) is 4.90 Å². The molecule has 3 rings (SSSR count). The number of halogens is 1. The standard InChI is InChI=1S/C13H14BrNO/c14-8-10-6-7-11-12(15(10)11)13(16)9-4-2-1-3-5-9/h1-5,10-12H,6-8H2/t10-,11-,12-,15?/m1/s1. The molecule has 0 saturated carbocycles. The highest BCUT2D eigenvalue weighted by molar-refractivity contribution is 9.09. The molecule has 2 aliphatic heterocycles. The monoisotopic (exact) mass is 279 g/mol. The number of nitrogens with zero attached hydrogens (tertiary/aromatic N) is 1. The Bertz CT molecular complexity index is 406. The first-order chi connectivity index (χ1) is 7.83. The topological polar surface area (TPSA) is 20.1 Å². The fraction of sp³-hybridized carbons (Fsp3) is 0.462.